The third-order valence-corrected chi connectivity index (χ3v) is 2.13. The van der Waals surface area contributed by atoms with Gasteiger partial charge in [0.25, 0.3) is 0 Å². The Balaban J connectivity index is 3.15. The molecule has 0 aliphatic heterocycles. The molecule has 0 heterocycles. The highest BCUT2D eigenvalue weighted by Crippen LogP contribution is 2.24. The molecule has 0 bridgehead atoms. The summed E-state index contributed by atoms with van der Waals surface area (Å²) in [5.74, 6) is 3.88. The van der Waals surface area contributed by atoms with Gasteiger partial charge in [-0.25, -0.2) is 10.7 Å². The zero-order valence-electron chi connectivity index (χ0n) is 8.34. The van der Waals surface area contributed by atoms with Crippen molar-refractivity contribution in [1.82, 2.24) is 0 Å². The Morgan fingerprint density at radius 2 is 2.07 bits per heavy atom. The van der Waals surface area contributed by atoms with Crippen molar-refractivity contribution in [2.75, 3.05) is 13.7 Å². The van der Waals surface area contributed by atoms with Crippen molar-refractivity contribution >= 4 is 5.97 Å². The molecule has 1 unspecified atom stereocenters. The third kappa shape index (κ3) is 2.15. The fraction of sp³-hybridized carbons (Fsp3) is 0.300. The average molecular weight is 211 g/mol. The molecule has 1 rings (SSSR count). The van der Waals surface area contributed by atoms with Crippen LogP contribution in [-0.2, 0) is 20.0 Å². The number of carbonyl (C=O) groups is 1. The van der Waals surface area contributed by atoms with Crippen molar-refractivity contribution in [3.8, 4) is 0 Å². The molecule has 82 valence electrons. The van der Waals surface area contributed by atoms with Gasteiger partial charge in [0.2, 0.25) is 5.60 Å². The molecule has 15 heavy (non-hydrogen) atoms. The van der Waals surface area contributed by atoms with E-state index in [0.717, 1.165) is 0 Å². The van der Waals surface area contributed by atoms with E-state index in [9.17, 15) is 4.79 Å². The fourth-order valence-electron chi connectivity index (χ4n) is 1.33. The van der Waals surface area contributed by atoms with Crippen molar-refractivity contribution in [3.05, 3.63) is 35.9 Å². The van der Waals surface area contributed by atoms with E-state index in [1.807, 2.05) is 0 Å². The van der Waals surface area contributed by atoms with Crippen LogP contribution in [0.3, 0.4) is 0 Å². The Bertz CT molecular complexity index is 327. The molecule has 0 aliphatic rings. The quantitative estimate of drug-likeness (QED) is 0.693. The molecule has 1 aromatic rings. The number of carboxylic acids is 1. The maximum Gasteiger partial charge on any atom is 0.345 e. The van der Waals surface area contributed by atoms with E-state index >= 15 is 0 Å². The number of rotatable bonds is 5. The van der Waals surface area contributed by atoms with Crippen LogP contribution in [0.2, 0.25) is 0 Å². The summed E-state index contributed by atoms with van der Waals surface area (Å²) in [5.41, 5.74) is -1.20. The van der Waals surface area contributed by atoms with Crippen molar-refractivity contribution in [1.29, 1.82) is 0 Å². The van der Waals surface area contributed by atoms with Crippen LogP contribution < -0.4 is 5.90 Å². The summed E-state index contributed by atoms with van der Waals surface area (Å²) in [7, 11) is 1.39. The van der Waals surface area contributed by atoms with Crippen molar-refractivity contribution in [2.24, 2.45) is 5.90 Å². The van der Waals surface area contributed by atoms with E-state index in [1.165, 1.54) is 7.11 Å². The second kappa shape index (κ2) is 4.88. The molecule has 5 heteroatoms. The Kier molecular flexibility index (Phi) is 3.79. The van der Waals surface area contributed by atoms with Crippen molar-refractivity contribution in [2.45, 2.75) is 5.60 Å². The van der Waals surface area contributed by atoms with Gasteiger partial charge in [-0.2, -0.15) is 0 Å². The molecule has 1 aromatic carbocycles. The van der Waals surface area contributed by atoms with Crippen LogP contribution in [-0.4, -0.2) is 24.8 Å². The molecule has 1 atom stereocenters. The lowest BCUT2D eigenvalue weighted by Crippen LogP contribution is -2.44. The van der Waals surface area contributed by atoms with E-state index < -0.39 is 11.6 Å². The molecule has 3 N–H and O–H groups in total. The Morgan fingerprint density at radius 1 is 1.47 bits per heavy atom. The summed E-state index contributed by atoms with van der Waals surface area (Å²) in [6.07, 6.45) is 0. The standard InChI is InChI=1S/C10H13NO4/c1-14-7-10(15-11,9(12)13)8-5-3-2-4-6-8/h2-6H,7,11H2,1H3,(H,12,13). The first kappa shape index (κ1) is 11.6. The van der Waals surface area contributed by atoms with Crippen LogP contribution in [0, 0.1) is 0 Å². The first-order valence-corrected chi connectivity index (χ1v) is 4.33. The van der Waals surface area contributed by atoms with Gasteiger partial charge in [-0.3, -0.25) is 4.84 Å². The maximum atomic E-state index is 11.2. The number of ether oxygens (including phenoxy) is 1. The average Bonchev–Trinajstić information content (AvgIpc) is 2.26. The van der Waals surface area contributed by atoms with Gasteiger partial charge in [-0.15, -0.1) is 0 Å². The third-order valence-electron chi connectivity index (χ3n) is 2.13. The lowest BCUT2D eigenvalue weighted by atomic mass is 9.95. The number of methoxy groups -OCH3 is 1. The second-order valence-corrected chi connectivity index (χ2v) is 3.05. The highest BCUT2D eigenvalue weighted by atomic mass is 16.7. The number of aliphatic carboxylic acids is 1. The Labute approximate surface area is 87.4 Å². The predicted octanol–water partition coefficient (Wildman–Crippen LogP) is 0.503. The van der Waals surface area contributed by atoms with Crippen LogP contribution in [0.4, 0.5) is 0 Å². The number of nitrogens with two attached hydrogens (primary N) is 1. The normalized spacial score (nSPS) is 14.5. The maximum absolute atomic E-state index is 11.2. The van der Waals surface area contributed by atoms with Crippen molar-refractivity contribution in [3.63, 3.8) is 0 Å². The molecule has 0 saturated heterocycles. The molecule has 0 aliphatic carbocycles. The minimum Gasteiger partial charge on any atom is -0.479 e. The minimum atomic E-state index is -1.64. The van der Waals surface area contributed by atoms with E-state index in [0.29, 0.717) is 5.56 Å². The van der Waals surface area contributed by atoms with Gasteiger partial charge in [0.15, 0.2) is 0 Å². The molecule has 0 fully saturated rings. The van der Waals surface area contributed by atoms with Gasteiger partial charge >= 0.3 is 5.97 Å². The van der Waals surface area contributed by atoms with Gasteiger partial charge in [0.1, 0.15) is 0 Å². The lowest BCUT2D eigenvalue weighted by molar-refractivity contribution is -0.177. The van der Waals surface area contributed by atoms with Crippen LogP contribution in [0.25, 0.3) is 0 Å². The molecule has 0 amide bonds. The molecule has 0 spiro atoms. The highest BCUT2D eigenvalue weighted by Gasteiger charge is 2.42. The van der Waals surface area contributed by atoms with Crippen molar-refractivity contribution < 1.29 is 19.5 Å². The molecule has 0 saturated carbocycles. The van der Waals surface area contributed by atoms with Gasteiger partial charge in [-0.05, 0) is 5.56 Å². The van der Waals surface area contributed by atoms with E-state index in [-0.39, 0.29) is 6.61 Å². The molecule has 0 aromatic heterocycles. The Hall–Kier alpha value is -1.43. The number of benzene rings is 1. The van der Waals surface area contributed by atoms with Crippen LogP contribution in [0.5, 0.6) is 0 Å². The summed E-state index contributed by atoms with van der Waals surface area (Å²) in [6.45, 7) is -0.150. The molecule has 0 radical (unpaired) electrons. The summed E-state index contributed by atoms with van der Waals surface area (Å²) in [5, 5.41) is 9.12. The SMILES string of the molecule is COCC(ON)(C(=O)O)c1ccccc1. The van der Waals surface area contributed by atoms with E-state index in [4.69, 9.17) is 15.7 Å². The van der Waals surface area contributed by atoms with E-state index in [2.05, 4.69) is 4.84 Å². The summed E-state index contributed by atoms with van der Waals surface area (Å²) in [4.78, 5) is 15.8. The smallest absolute Gasteiger partial charge is 0.345 e. The predicted molar refractivity (Wildman–Crippen MR) is 52.9 cm³/mol. The zero-order valence-corrected chi connectivity index (χ0v) is 8.34. The monoisotopic (exact) mass is 211 g/mol. The zero-order chi connectivity index (χ0) is 11.3. The van der Waals surface area contributed by atoms with Crippen LogP contribution in [0.1, 0.15) is 5.56 Å². The topological polar surface area (TPSA) is 81.8 Å². The van der Waals surface area contributed by atoms with E-state index in [1.54, 1.807) is 30.3 Å². The number of carboxylic acid groups (broad SMARTS) is 1. The number of hydrogen-bond donors (Lipinski definition) is 2. The van der Waals surface area contributed by atoms with Gasteiger partial charge < -0.3 is 9.84 Å². The minimum absolute atomic E-state index is 0.150. The lowest BCUT2D eigenvalue weighted by Gasteiger charge is -2.26. The van der Waals surface area contributed by atoms with Gasteiger partial charge in [-0.1, -0.05) is 30.3 Å². The first-order chi connectivity index (χ1) is 7.17. The summed E-state index contributed by atoms with van der Waals surface area (Å²) in [6, 6.07) is 8.45. The summed E-state index contributed by atoms with van der Waals surface area (Å²) >= 11 is 0. The Morgan fingerprint density at radius 3 is 2.47 bits per heavy atom. The highest BCUT2D eigenvalue weighted by molar-refractivity contribution is 5.79. The van der Waals surface area contributed by atoms with Crippen LogP contribution in [0.15, 0.2) is 30.3 Å². The first-order valence-electron chi connectivity index (χ1n) is 4.33. The fourth-order valence-corrected chi connectivity index (χ4v) is 1.33. The largest absolute Gasteiger partial charge is 0.479 e. The molecular weight excluding hydrogens is 198 g/mol. The van der Waals surface area contributed by atoms with Gasteiger partial charge in [0.05, 0.1) is 6.61 Å². The second-order valence-electron chi connectivity index (χ2n) is 3.05. The summed E-state index contributed by atoms with van der Waals surface area (Å²) < 4.78 is 4.83. The molecule has 5 nitrogen and oxygen atoms in total. The number of hydrogen-bond acceptors (Lipinski definition) is 4. The molecular formula is C10H13NO4. The van der Waals surface area contributed by atoms with Gasteiger partial charge in [0, 0.05) is 7.11 Å². The van der Waals surface area contributed by atoms with Crippen LogP contribution >= 0.6 is 0 Å².